The molecule has 2 aromatic heterocycles. The standard InChI is InChI=1S/C16H23N3O/c20-10-3-1-2-9-19-12-13(11-18-14-6-7-14)15-5-4-8-17-16(15)19/h4-5,8,12,14,18,20H,1-3,6-7,9-11H2. The Morgan fingerprint density at radius 3 is 3.00 bits per heavy atom. The highest BCUT2D eigenvalue weighted by Gasteiger charge is 2.20. The van der Waals surface area contributed by atoms with Gasteiger partial charge in [-0.2, -0.15) is 0 Å². The first-order valence-electron chi connectivity index (χ1n) is 7.65. The second-order valence-electron chi connectivity index (χ2n) is 5.66. The highest BCUT2D eigenvalue weighted by Crippen LogP contribution is 2.23. The third kappa shape index (κ3) is 3.19. The minimum atomic E-state index is 0.293. The van der Waals surface area contributed by atoms with Crippen LogP contribution in [0.5, 0.6) is 0 Å². The first kappa shape index (κ1) is 13.6. The van der Waals surface area contributed by atoms with E-state index in [2.05, 4.69) is 27.1 Å². The summed E-state index contributed by atoms with van der Waals surface area (Å²) in [5, 5.41) is 13.7. The minimum Gasteiger partial charge on any atom is -0.396 e. The average molecular weight is 273 g/mol. The Bertz CT molecular complexity index is 560. The predicted octanol–water partition coefficient (Wildman–Crippen LogP) is 2.45. The Hall–Kier alpha value is -1.39. The molecule has 3 rings (SSSR count). The molecule has 1 saturated carbocycles. The molecular weight excluding hydrogens is 250 g/mol. The number of nitrogens with one attached hydrogen (secondary N) is 1. The van der Waals surface area contributed by atoms with Gasteiger partial charge in [-0.3, -0.25) is 0 Å². The molecular formula is C16H23N3O. The number of nitrogens with zero attached hydrogens (tertiary/aromatic N) is 2. The summed E-state index contributed by atoms with van der Waals surface area (Å²) < 4.78 is 2.26. The lowest BCUT2D eigenvalue weighted by Gasteiger charge is -2.03. The van der Waals surface area contributed by atoms with Gasteiger partial charge in [-0.05, 0) is 49.8 Å². The molecule has 0 aromatic carbocycles. The molecule has 0 atom stereocenters. The van der Waals surface area contributed by atoms with Crippen molar-refractivity contribution in [1.82, 2.24) is 14.9 Å². The van der Waals surface area contributed by atoms with Crippen LogP contribution in [0.15, 0.2) is 24.5 Å². The normalized spacial score (nSPS) is 15.1. The molecule has 2 aromatic rings. The molecule has 1 aliphatic rings. The Balaban J connectivity index is 1.72. The van der Waals surface area contributed by atoms with Gasteiger partial charge in [0, 0.05) is 43.5 Å². The van der Waals surface area contributed by atoms with Crippen LogP contribution >= 0.6 is 0 Å². The monoisotopic (exact) mass is 273 g/mol. The topological polar surface area (TPSA) is 50.1 Å². The Labute approximate surface area is 119 Å². The molecule has 1 aliphatic carbocycles. The molecule has 0 spiro atoms. The smallest absolute Gasteiger partial charge is 0.140 e. The third-order valence-corrected chi connectivity index (χ3v) is 3.93. The zero-order chi connectivity index (χ0) is 13.8. The van der Waals surface area contributed by atoms with Crippen LogP contribution in [0.25, 0.3) is 11.0 Å². The Kier molecular flexibility index (Phi) is 4.33. The van der Waals surface area contributed by atoms with E-state index in [0.717, 1.165) is 44.0 Å². The summed E-state index contributed by atoms with van der Waals surface area (Å²) in [5.74, 6) is 0. The largest absolute Gasteiger partial charge is 0.396 e. The van der Waals surface area contributed by atoms with Gasteiger partial charge in [-0.15, -0.1) is 0 Å². The summed E-state index contributed by atoms with van der Waals surface area (Å²) in [6, 6.07) is 4.91. The number of unbranched alkanes of at least 4 members (excludes halogenated alkanes) is 2. The zero-order valence-electron chi connectivity index (χ0n) is 11.9. The minimum absolute atomic E-state index is 0.293. The second-order valence-corrected chi connectivity index (χ2v) is 5.66. The van der Waals surface area contributed by atoms with Crippen molar-refractivity contribution in [3.05, 3.63) is 30.1 Å². The van der Waals surface area contributed by atoms with Gasteiger partial charge in [0.15, 0.2) is 0 Å². The molecule has 0 bridgehead atoms. The van der Waals surface area contributed by atoms with Crippen molar-refractivity contribution in [1.29, 1.82) is 0 Å². The molecule has 108 valence electrons. The van der Waals surface area contributed by atoms with Gasteiger partial charge in [0.1, 0.15) is 5.65 Å². The quantitative estimate of drug-likeness (QED) is 0.726. The summed E-state index contributed by atoms with van der Waals surface area (Å²) in [6.07, 6.45) is 9.80. The number of aliphatic hydroxyl groups is 1. The van der Waals surface area contributed by atoms with Crippen molar-refractivity contribution in [2.75, 3.05) is 6.61 Å². The molecule has 20 heavy (non-hydrogen) atoms. The molecule has 1 fully saturated rings. The van der Waals surface area contributed by atoms with E-state index in [1.54, 1.807) is 0 Å². The first-order valence-corrected chi connectivity index (χ1v) is 7.65. The molecule has 0 amide bonds. The van der Waals surface area contributed by atoms with E-state index in [0.29, 0.717) is 6.61 Å². The van der Waals surface area contributed by atoms with Gasteiger partial charge in [-0.1, -0.05) is 0 Å². The maximum absolute atomic E-state index is 8.84. The number of aryl methyl sites for hydroxylation is 1. The van der Waals surface area contributed by atoms with Crippen LogP contribution in [-0.2, 0) is 13.1 Å². The number of pyridine rings is 1. The molecule has 2 heterocycles. The van der Waals surface area contributed by atoms with Crippen molar-refractivity contribution in [3.8, 4) is 0 Å². The SMILES string of the molecule is OCCCCCn1cc(CNC2CC2)c2cccnc21. The van der Waals surface area contributed by atoms with Crippen LogP contribution in [0, 0.1) is 0 Å². The number of aromatic nitrogens is 2. The van der Waals surface area contributed by atoms with Gasteiger partial charge < -0.3 is 15.0 Å². The van der Waals surface area contributed by atoms with E-state index in [-0.39, 0.29) is 0 Å². The van der Waals surface area contributed by atoms with Crippen LogP contribution in [0.1, 0.15) is 37.7 Å². The molecule has 0 radical (unpaired) electrons. The summed E-state index contributed by atoms with van der Waals surface area (Å²) in [6.45, 7) is 2.22. The molecule has 0 aliphatic heterocycles. The van der Waals surface area contributed by atoms with Crippen molar-refractivity contribution in [2.24, 2.45) is 0 Å². The summed E-state index contributed by atoms with van der Waals surface area (Å²) in [5.41, 5.74) is 2.44. The fourth-order valence-corrected chi connectivity index (χ4v) is 2.62. The number of hydrogen-bond acceptors (Lipinski definition) is 3. The predicted molar refractivity (Wildman–Crippen MR) is 80.5 cm³/mol. The van der Waals surface area contributed by atoms with E-state index in [1.807, 2.05) is 12.3 Å². The number of aliphatic hydroxyl groups excluding tert-OH is 1. The number of rotatable bonds is 8. The maximum Gasteiger partial charge on any atom is 0.140 e. The van der Waals surface area contributed by atoms with Crippen LogP contribution < -0.4 is 5.32 Å². The molecule has 0 unspecified atom stereocenters. The molecule has 4 heteroatoms. The van der Waals surface area contributed by atoms with Gasteiger partial charge in [0.2, 0.25) is 0 Å². The van der Waals surface area contributed by atoms with Crippen LogP contribution in [0.3, 0.4) is 0 Å². The van der Waals surface area contributed by atoms with E-state index < -0.39 is 0 Å². The lowest BCUT2D eigenvalue weighted by molar-refractivity contribution is 0.282. The van der Waals surface area contributed by atoms with Gasteiger partial charge in [-0.25, -0.2) is 4.98 Å². The molecule has 4 nitrogen and oxygen atoms in total. The van der Waals surface area contributed by atoms with Crippen molar-refractivity contribution >= 4 is 11.0 Å². The Morgan fingerprint density at radius 1 is 1.30 bits per heavy atom. The lowest BCUT2D eigenvalue weighted by Crippen LogP contribution is -2.14. The molecule has 0 saturated heterocycles. The fraction of sp³-hybridized carbons (Fsp3) is 0.562. The lowest BCUT2D eigenvalue weighted by atomic mass is 10.2. The van der Waals surface area contributed by atoms with E-state index in [1.165, 1.54) is 23.8 Å². The third-order valence-electron chi connectivity index (χ3n) is 3.93. The maximum atomic E-state index is 8.84. The van der Waals surface area contributed by atoms with Gasteiger partial charge in [0.25, 0.3) is 0 Å². The van der Waals surface area contributed by atoms with E-state index >= 15 is 0 Å². The fourth-order valence-electron chi connectivity index (χ4n) is 2.62. The van der Waals surface area contributed by atoms with Crippen molar-refractivity contribution in [2.45, 2.75) is 51.2 Å². The van der Waals surface area contributed by atoms with E-state index in [9.17, 15) is 0 Å². The zero-order valence-corrected chi connectivity index (χ0v) is 11.9. The van der Waals surface area contributed by atoms with Gasteiger partial charge in [0.05, 0.1) is 0 Å². The first-order chi connectivity index (χ1) is 9.88. The summed E-state index contributed by atoms with van der Waals surface area (Å²) in [4.78, 5) is 4.53. The second kappa shape index (κ2) is 6.37. The Morgan fingerprint density at radius 2 is 2.20 bits per heavy atom. The average Bonchev–Trinajstić information content (AvgIpc) is 3.24. The van der Waals surface area contributed by atoms with Crippen molar-refractivity contribution in [3.63, 3.8) is 0 Å². The van der Waals surface area contributed by atoms with E-state index in [4.69, 9.17) is 5.11 Å². The molecule has 2 N–H and O–H groups in total. The highest BCUT2D eigenvalue weighted by atomic mass is 16.2. The summed E-state index contributed by atoms with van der Waals surface area (Å²) >= 11 is 0. The van der Waals surface area contributed by atoms with Crippen molar-refractivity contribution < 1.29 is 5.11 Å². The number of hydrogen-bond donors (Lipinski definition) is 2. The van der Waals surface area contributed by atoms with Crippen LogP contribution in [0.4, 0.5) is 0 Å². The van der Waals surface area contributed by atoms with Gasteiger partial charge >= 0.3 is 0 Å². The van der Waals surface area contributed by atoms with Crippen LogP contribution in [-0.4, -0.2) is 27.3 Å². The number of fused-ring (bicyclic) bond motifs is 1. The summed E-state index contributed by atoms with van der Waals surface area (Å²) in [7, 11) is 0. The van der Waals surface area contributed by atoms with Crippen LogP contribution in [0.2, 0.25) is 0 Å². The highest BCUT2D eigenvalue weighted by molar-refractivity contribution is 5.80.